The van der Waals surface area contributed by atoms with Crippen molar-refractivity contribution in [1.82, 2.24) is 5.32 Å². The lowest BCUT2D eigenvalue weighted by molar-refractivity contribution is -0.302. The van der Waals surface area contributed by atoms with E-state index in [0.29, 0.717) is 12.8 Å². The quantitative estimate of drug-likeness (QED) is 0.0261. The molecule has 1 saturated heterocycles. The SMILES string of the molecule is CCCCCCC/C=C\C/C=C\C/C=C\CCCCCCCCCCCCCCCCCCCCCCCCC(=O)NC(COC1OC(CO)C(O)C(O)C1O)C(O)CCCCCCC. The monoisotopic (exact) mass is 920 g/mol. The number of carbonyl (C=O) groups excluding carboxylic acids is 1. The van der Waals surface area contributed by atoms with Crippen LogP contribution in [0.25, 0.3) is 0 Å². The standard InChI is InChI=1S/C56H105NO8/c1-3-5-7-9-10-11-12-13-14-15-16-17-18-19-20-21-22-23-24-25-26-27-28-29-30-31-32-33-34-35-36-37-38-39-40-42-44-46-52(60)57-49(50(59)45-43-41-8-6-4-2)48-64-56-55(63)54(62)53(61)51(47-58)65-56/h12-13,15-16,18-19,49-51,53-56,58-59,61-63H,3-11,14,17,20-48H2,1-2H3,(H,57,60)/b13-12-,16-15-,19-18-. The Kier molecular flexibility index (Phi) is 43.6. The Hall–Kier alpha value is -1.59. The smallest absolute Gasteiger partial charge is 0.220 e. The molecule has 6 N–H and O–H groups in total. The summed E-state index contributed by atoms with van der Waals surface area (Å²) in [4.78, 5) is 12.9. The number of hydrogen-bond donors (Lipinski definition) is 6. The number of carbonyl (C=O) groups is 1. The lowest BCUT2D eigenvalue weighted by Gasteiger charge is -2.40. The lowest BCUT2D eigenvalue weighted by atomic mass is 9.99. The fourth-order valence-electron chi connectivity index (χ4n) is 8.82. The van der Waals surface area contributed by atoms with Crippen LogP contribution in [0.5, 0.6) is 0 Å². The number of hydrogen-bond acceptors (Lipinski definition) is 8. The molecule has 0 radical (unpaired) electrons. The van der Waals surface area contributed by atoms with Gasteiger partial charge in [0.25, 0.3) is 0 Å². The van der Waals surface area contributed by atoms with Crippen LogP contribution in [-0.2, 0) is 14.3 Å². The molecule has 7 atom stereocenters. The normalized spacial score (nSPS) is 20.1. The van der Waals surface area contributed by atoms with Crippen LogP contribution in [0.15, 0.2) is 36.5 Å². The van der Waals surface area contributed by atoms with Crippen molar-refractivity contribution in [3.05, 3.63) is 36.5 Å². The second-order valence-corrected chi connectivity index (χ2v) is 19.4. The minimum atomic E-state index is -1.55. The summed E-state index contributed by atoms with van der Waals surface area (Å²) in [5, 5.41) is 54.0. The van der Waals surface area contributed by atoms with Gasteiger partial charge in [0, 0.05) is 6.42 Å². The summed E-state index contributed by atoms with van der Waals surface area (Å²) in [6.45, 7) is 3.74. The van der Waals surface area contributed by atoms with Crippen LogP contribution < -0.4 is 5.32 Å². The van der Waals surface area contributed by atoms with Crippen LogP contribution in [0.4, 0.5) is 0 Å². The van der Waals surface area contributed by atoms with E-state index in [1.807, 2.05) is 0 Å². The van der Waals surface area contributed by atoms with E-state index in [2.05, 4.69) is 55.6 Å². The van der Waals surface area contributed by atoms with Crippen molar-refractivity contribution in [3.8, 4) is 0 Å². The Bertz CT molecular complexity index is 1110. The first kappa shape index (κ1) is 61.4. The van der Waals surface area contributed by atoms with Gasteiger partial charge in [-0.2, -0.15) is 0 Å². The summed E-state index contributed by atoms with van der Waals surface area (Å²) in [5.74, 6) is -0.148. The van der Waals surface area contributed by atoms with Crippen LogP contribution in [-0.4, -0.2) is 87.5 Å². The van der Waals surface area contributed by atoms with E-state index >= 15 is 0 Å². The second kappa shape index (κ2) is 46.2. The van der Waals surface area contributed by atoms with E-state index in [1.54, 1.807) is 0 Å². The van der Waals surface area contributed by atoms with E-state index < -0.39 is 49.5 Å². The Balaban J connectivity index is 1.95. The number of aliphatic hydroxyl groups excluding tert-OH is 5. The maximum Gasteiger partial charge on any atom is 0.220 e. The Morgan fingerprint density at radius 3 is 1.34 bits per heavy atom. The maximum atomic E-state index is 12.9. The number of aliphatic hydroxyl groups is 5. The highest BCUT2D eigenvalue weighted by molar-refractivity contribution is 5.76. The Labute approximate surface area is 400 Å². The summed E-state index contributed by atoms with van der Waals surface area (Å²) < 4.78 is 11.2. The molecule has 0 aromatic carbocycles. The predicted octanol–water partition coefficient (Wildman–Crippen LogP) is 13.2. The molecule has 0 saturated carbocycles. The first-order chi connectivity index (χ1) is 31.8. The molecule has 1 amide bonds. The largest absolute Gasteiger partial charge is 0.394 e. The third kappa shape index (κ3) is 36.1. The average molecular weight is 920 g/mol. The summed E-state index contributed by atoms with van der Waals surface area (Å²) in [7, 11) is 0. The molecule has 1 heterocycles. The van der Waals surface area contributed by atoms with Gasteiger partial charge in [-0.25, -0.2) is 0 Å². The van der Waals surface area contributed by atoms with E-state index in [0.717, 1.165) is 64.2 Å². The molecular formula is C56H105NO8. The average Bonchev–Trinajstić information content (AvgIpc) is 3.31. The third-order valence-corrected chi connectivity index (χ3v) is 13.2. The topological polar surface area (TPSA) is 149 Å². The molecule has 0 spiro atoms. The van der Waals surface area contributed by atoms with Crippen LogP contribution in [0, 0.1) is 0 Å². The van der Waals surface area contributed by atoms with E-state index in [4.69, 9.17) is 9.47 Å². The highest BCUT2D eigenvalue weighted by Gasteiger charge is 2.44. The van der Waals surface area contributed by atoms with Crippen molar-refractivity contribution in [1.29, 1.82) is 0 Å². The van der Waals surface area contributed by atoms with E-state index in [-0.39, 0.29) is 12.5 Å². The molecular weight excluding hydrogens is 815 g/mol. The molecule has 1 aliphatic rings. The first-order valence-corrected chi connectivity index (χ1v) is 27.7. The van der Waals surface area contributed by atoms with Crippen molar-refractivity contribution < 1.29 is 39.8 Å². The molecule has 382 valence electrons. The van der Waals surface area contributed by atoms with Crippen molar-refractivity contribution in [2.24, 2.45) is 0 Å². The van der Waals surface area contributed by atoms with Gasteiger partial charge in [-0.05, 0) is 51.4 Å². The van der Waals surface area contributed by atoms with Gasteiger partial charge in [-0.1, -0.05) is 237 Å². The molecule has 7 unspecified atom stereocenters. The fraction of sp³-hybridized carbons (Fsp3) is 0.875. The zero-order valence-electron chi connectivity index (χ0n) is 42.3. The first-order valence-electron chi connectivity index (χ1n) is 27.7. The molecule has 0 aromatic heterocycles. The van der Waals surface area contributed by atoms with Gasteiger partial charge in [0.1, 0.15) is 24.4 Å². The molecule has 9 heteroatoms. The predicted molar refractivity (Wildman–Crippen MR) is 272 cm³/mol. The van der Waals surface area contributed by atoms with Gasteiger partial charge in [-0.15, -0.1) is 0 Å². The van der Waals surface area contributed by atoms with Crippen LogP contribution in [0.2, 0.25) is 0 Å². The molecule has 1 rings (SSSR count). The van der Waals surface area contributed by atoms with Gasteiger partial charge < -0.3 is 40.3 Å². The van der Waals surface area contributed by atoms with E-state index in [1.165, 1.54) is 167 Å². The minimum absolute atomic E-state index is 0.138. The number of unbranched alkanes of at least 4 members (excludes halogenated alkanes) is 31. The summed E-state index contributed by atoms with van der Waals surface area (Å²) in [6, 6.07) is -0.712. The Morgan fingerprint density at radius 2 is 0.908 bits per heavy atom. The molecule has 65 heavy (non-hydrogen) atoms. The van der Waals surface area contributed by atoms with E-state index in [9.17, 15) is 30.3 Å². The minimum Gasteiger partial charge on any atom is -0.394 e. The van der Waals surface area contributed by atoms with Crippen LogP contribution >= 0.6 is 0 Å². The molecule has 0 bridgehead atoms. The van der Waals surface area contributed by atoms with Crippen molar-refractivity contribution in [2.45, 2.75) is 301 Å². The Morgan fingerprint density at radius 1 is 0.523 bits per heavy atom. The number of rotatable bonds is 47. The summed E-state index contributed by atoms with van der Waals surface area (Å²) in [5.41, 5.74) is 0. The van der Waals surface area contributed by atoms with Gasteiger partial charge in [0.05, 0.1) is 25.4 Å². The number of amides is 1. The van der Waals surface area contributed by atoms with Gasteiger partial charge >= 0.3 is 0 Å². The van der Waals surface area contributed by atoms with Crippen molar-refractivity contribution in [3.63, 3.8) is 0 Å². The highest BCUT2D eigenvalue weighted by Crippen LogP contribution is 2.23. The number of nitrogens with one attached hydrogen (secondary N) is 1. The molecule has 0 aromatic rings. The molecule has 1 aliphatic heterocycles. The third-order valence-electron chi connectivity index (χ3n) is 13.2. The highest BCUT2D eigenvalue weighted by atomic mass is 16.7. The number of allylic oxidation sites excluding steroid dienone is 6. The zero-order chi connectivity index (χ0) is 47.3. The van der Waals surface area contributed by atoms with Gasteiger partial charge in [0.2, 0.25) is 5.91 Å². The fourth-order valence-corrected chi connectivity index (χ4v) is 8.82. The van der Waals surface area contributed by atoms with Gasteiger partial charge in [-0.3, -0.25) is 4.79 Å². The van der Waals surface area contributed by atoms with Crippen LogP contribution in [0.1, 0.15) is 258 Å². The molecule has 0 aliphatic carbocycles. The maximum absolute atomic E-state index is 12.9. The van der Waals surface area contributed by atoms with Crippen molar-refractivity contribution >= 4 is 5.91 Å². The summed E-state index contributed by atoms with van der Waals surface area (Å²) >= 11 is 0. The van der Waals surface area contributed by atoms with Crippen LogP contribution in [0.3, 0.4) is 0 Å². The lowest BCUT2D eigenvalue weighted by Crippen LogP contribution is -2.60. The second-order valence-electron chi connectivity index (χ2n) is 19.4. The molecule has 9 nitrogen and oxygen atoms in total. The zero-order valence-corrected chi connectivity index (χ0v) is 42.3. The summed E-state index contributed by atoms with van der Waals surface area (Å²) in [6.07, 6.45) is 52.6. The van der Waals surface area contributed by atoms with Crippen molar-refractivity contribution in [2.75, 3.05) is 13.2 Å². The van der Waals surface area contributed by atoms with Gasteiger partial charge in [0.15, 0.2) is 6.29 Å². The molecule has 1 fully saturated rings. The number of ether oxygens (including phenoxy) is 2.